The van der Waals surface area contributed by atoms with Gasteiger partial charge in [0.2, 0.25) is 0 Å². The van der Waals surface area contributed by atoms with Crippen molar-refractivity contribution in [1.82, 2.24) is 5.32 Å². The van der Waals surface area contributed by atoms with Gasteiger partial charge in [-0.05, 0) is 65.1 Å². The first-order valence-corrected chi connectivity index (χ1v) is 8.10. The number of hydrogen-bond acceptors (Lipinski definition) is 2. The Morgan fingerprint density at radius 2 is 2.10 bits per heavy atom. The van der Waals surface area contributed by atoms with E-state index in [1.54, 1.807) is 12.3 Å². The molecule has 0 spiro atoms. The molecule has 0 bridgehead atoms. The molecule has 0 aliphatic rings. The monoisotopic (exact) mass is 403 g/mol. The molecular formula is C15H16Br2FNO. The summed E-state index contributed by atoms with van der Waals surface area (Å²) in [5, 5.41) is 3.47. The lowest BCUT2D eigenvalue weighted by Crippen LogP contribution is -2.24. The van der Waals surface area contributed by atoms with Crippen LogP contribution in [-0.4, -0.2) is 6.54 Å². The highest BCUT2D eigenvalue weighted by atomic mass is 79.9. The zero-order chi connectivity index (χ0) is 14.5. The Morgan fingerprint density at radius 1 is 1.30 bits per heavy atom. The Hall–Kier alpha value is -0.650. The molecule has 2 nitrogen and oxygen atoms in total. The standard InChI is InChI=1S/C15H16Br2FNO/c1-2-4-19-14(13-3-5-20-15(13)17)8-10-6-11(16)9-12(18)7-10/h3,5-7,9,14,19H,2,4,8H2,1H3. The zero-order valence-corrected chi connectivity index (χ0v) is 14.3. The van der Waals surface area contributed by atoms with E-state index in [2.05, 4.69) is 44.1 Å². The fraction of sp³-hybridized carbons (Fsp3) is 0.333. The predicted molar refractivity (Wildman–Crippen MR) is 85.2 cm³/mol. The average molecular weight is 405 g/mol. The minimum absolute atomic E-state index is 0.0942. The van der Waals surface area contributed by atoms with E-state index < -0.39 is 0 Å². The molecular weight excluding hydrogens is 389 g/mol. The molecule has 1 aromatic heterocycles. The van der Waals surface area contributed by atoms with Crippen molar-refractivity contribution in [1.29, 1.82) is 0 Å². The third kappa shape index (κ3) is 4.17. The normalized spacial score (nSPS) is 12.6. The van der Waals surface area contributed by atoms with E-state index in [1.807, 2.05) is 12.1 Å². The summed E-state index contributed by atoms with van der Waals surface area (Å²) in [5.74, 6) is -0.227. The Kier molecular flexibility index (Phi) is 5.81. The molecule has 0 amide bonds. The van der Waals surface area contributed by atoms with Gasteiger partial charge in [0.25, 0.3) is 0 Å². The molecule has 1 heterocycles. The summed E-state index contributed by atoms with van der Waals surface area (Å²) < 4.78 is 20.3. The topological polar surface area (TPSA) is 25.2 Å². The van der Waals surface area contributed by atoms with Crippen LogP contribution in [0.4, 0.5) is 4.39 Å². The van der Waals surface area contributed by atoms with Gasteiger partial charge in [-0.1, -0.05) is 22.9 Å². The van der Waals surface area contributed by atoms with Gasteiger partial charge in [0, 0.05) is 16.1 Å². The van der Waals surface area contributed by atoms with Crippen LogP contribution in [0.2, 0.25) is 0 Å². The third-order valence-electron chi connectivity index (χ3n) is 3.02. The highest BCUT2D eigenvalue weighted by Crippen LogP contribution is 2.28. The fourth-order valence-electron chi connectivity index (χ4n) is 2.13. The van der Waals surface area contributed by atoms with Crippen molar-refractivity contribution in [3.8, 4) is 0 Å². The van der Waals surface area contributed by atoms with Crippen molar-refractivity contribution in [3.63, 3.8) is 0 Å². The molecule has 2 rings (SSSR count). The Morgan fingerprint density at radius 3 is 2.70 bits per heavy atom. The summed E-state index contributed by atoms with van der Waals surface area (Å²) in [6.07, 6.45) is 3.40. The highest BCUT2D eigenvalue weighted by Gasteiger charge is 2.17. The molecule has 108 valence electrons. The minimum Gasteiger partial charge on any atom is -0.457 e. The van der Waals surface area contributed by atoms with Crippen molar-refractivity contribution in [2.24, 2.45) is 0 Å². The first-order valence-electron chi connectivity index (χ1n) is 6.51. The molecule has 20 heavy (non-hydrogen) atoms. The van der Waals surface area contributed by atoms with Gasteiger partial charge in [0.15, 0.2) is 4.67 Å². The van der Waals surface area contributed by atoms with E-state index in [0.29, 0.717) is 6.42 Å². The Labute approximate surface area is 135 Å². The lowest BCUT2D eigenvalue weighted by Gasteiger charge is -2.18. The fourth-order valence-corrected chi connectivity index (χ4v) is 3.16. The van der Waals surface area contributed by atoms with E-state index in [4.69, 9.17) is 4.42 Å². The summed E-state index contributed by atoms with van der Waals surface area (Å²) in [6.45, 7) is 3.02. The molecule has 0 aliphatic carbocycles. The summed E-state index contributed by atoms with van der Waals surface area (Å²) in [6, 6.07) is 7.01. The van der Waals surface area contributed by atoms with Crippen LogP contribution in [-0.2, 0) is 6.42 Å². The number of benzene rings is 1. The molecule has 0 aliphatic heterocycles. The van der Waals surface area contributed by atoms with E-state index in [-0.39, 0.29) is 11.9 Å². The Balaban J connectivity index is 2.21. The number of hydrogen-bond donors (Lipinski definition) is 1. The van der Waals surface area contributed by atoms with Gasteiger partial charge in [-0.2, -0.15) is 0 Å². The maximum Gasteiger partial charge on any atom is 0.173 e. The van der Waals surface area contributed by atoms with Crippen LogP contribution >= 0.6 is 31.9 Å². The van der Waals surface area contributed by atoms with E-state index in [1.165, 1.54) is 6.07 Å². The molecule has 1 unspecified atom stereocenters. The van der Waals surface area contributed by atoms with E-state index in [0.717, 1.165) is 33.2 Å². The molecule has 0 radical (unpaired) electrons. The Bertz CT molecular complexity index is 551. The van der Waals surface area contributed by atoms with Crippen molar-refractivity contribution >= 4 is 31.9 Å². The van der Waals surface area contributed by atoms with Crippen LogP contribution in [0.15, 0.2) is 44.1 Å². The molecule has 1 atom stereocenters. The SMILES string of the molecule is CCCNC(Cc1cc(F)cc(Br)c1)c1ccoc1Br. The molecule has 0 saturated heterocycles. The van der Waals surface area contributed by atoms with Crippen LogP contribution < -0.4 is 5.32 Å². The third-order valence-corrected chi connectivity index (χ3v) is 4.13. The van der Waals surface area contributed by atoms with Gasteiger partial charge < -0.3 is 9.73 Å². The van der Waals surface area contributed by atoms with Crippen molar-refractivity contribution < 1.29 is 8.81 Å². The molecule has 0 saturated carbocycles. The maximum atomic E-state index is 13.5. The summed E-state index contributed by atoms with van der Waals surface area (Å²) in [7, 11) is 0. The highest BCUT2D eigenvalue weighted by molar-refractivity contribution is 9.10. The second kappa shape index (κ2) is 7.38. The van der Waals surface area contributed by atoms with Gasteiger partial charge in [0.05, 0.1) is 6.26 Å². The van der Waals surface area contributed by atoms with Crippen molar-refractivity contribution in [2.75, 3.05) is 6.54 Å². The lowest BCUT2D eigenvalue weighted by molar-refractivity contribution is 0.497. The maximum absolute atomic E-state index is 13.5. The number of nitrogens with one attached hydrogen (secondary N) is 1. The summed E-state index contributed by atoms with van der Waals surface area (Å²) >= 11 is 6.74. The smallest absolute Gasteiger partial charge is 0.173 e. The molecule has 2 aromatic rings. The van der Waals surface area contributed by atoms with Crippen LogP contribution in [0.25, 0.3) is 0 Å². The first kappa shape index (κ1) is 15.7. The minimum atomic E-state index is -0.227. The van der Waals surface area contributed by atoms with Crippen molar-refractivity contribution in [2.45, 2.75) is 25.8 Å². The quantitative estimate of drug-likeness (QED) is 0.713. The first-order chi connectivity index (χ1) is 9.60. The number of halogens is 3. The van der Waals surface area contributed by atoms with Crippen LogP contribution in [0.5, 0.6) is 0 Å². The van der Waals surface area contributed by atoms with E-state index >= 15 is 0 Å². The van der Waals surface area contributed by atoms with Crippen LogP contribution in [0, 0.1) is 5.82 Å². The largest absolute Gasteiger partial charge is 0.457 e. The summed E-state index contributed by atoms with van der Waals surface area (Å²) in [4.78, 5) is 0. The lowest BCUT2D eigenvalue weighted by atomic mass is 10.0. The van der Waals surface area contributed by atoms with Crippen LogP contribution in [0.1, 0.15) is 30.5 Å². The second-order valence-corrected chi connectivity index (χ2v) is 6.27. The number of rotatable bonds is 6. The zero-order valence-electron chi connectivity index (χ0n) is 11.1. The van der Waals surface area contributed by atoms with Gasteiger partial charge >= 0.3 is 0 Å². The molecule has 5 heteroatoms. The predicted octanol–water partition coefficient (Wildman–Crippen LogP) is 5.23. The average Bonchev–Trinajstić information content (AvgIpc) is 2.79. The molecule has 1 aromatic carbocycles. The van der Waals surface area contributed by atoms with Crippen LogP contribution in [0.3, 0.4) is 0 Å². The van der Waals surface area contributed by atoms with E-state index in [9.17, 15) is 4.39 Å². The number of furan rings is 1. The second-order valence-electron chi connectivity index (χ2n) is 4.64. The van der Waals surface area contributed by atoms with Gasteiger partial charge in [-0.15, -0.1) is 0 Å². The van der Waals surface area contributed by atoms with Gasteiger partial charge in [0.1, 0.15) is 5.82 Å². The molecule has 1 N–H and O–H groups in total. The van der Waals surface area contributed by atoms with Gasteiger partial charge in [-0.3, -0.25) is 0 Å². The van der Waals surface area contributed by atoms with Crippen molar-refractivity contribution in [3.05, 3.63) is 56.6 Å². The summed E-state index contributed by atoms with van der Waals surface area (Å²) in [5.41, 5.74) is 2.00. The molecule has 0 fully saturated rings. The van der Waals surface area contributed by atoms with Gasteiger partial charge in [-0.25, -0.2) is 4.39 Å².